The van der Waals surface area contributed by atoms with Gasteiger partial charge in [0.2, 0.25) is 0 Å². The Hall–Kier alpha value is -3.12. The Labute approximate surface area is 154 Å². The van der Waals surface area contributed by atoms with Crippen molar-refractivity contribution in [2.45, 2.75) is 13.0 Å². The number of benzene rings is 1. The monoisotopic (exact) mass is 363 g/mol. The van der Waals surface area contributed by atoms with E-state index in [2.05, 4.69) is 10.4 Å². The minimum Gasteiger partial charge on any atom is -0.467 e. The van der Waals surface area contributed by atoms with E-state index in [9.17, 15) is 4.79 Å². The van der Waals surface area contributed by atoms with Gasteiger partial charge < -0.3 is 9.73 Å². The van der Waals surface area contributed by atoms with Crippen molar-refractivity contribution < 1.29 is 9.21 Å². The van der Waals surface area contributed by atoms with Crippen molar-refractivity contribution >= 4 is 17.2 Å². The molecule has 0 radical (unpaired) electrons. The summed E-state index contributed by atoms with van der Waals surface area (Å²) in [6.07, 6.45) is 3.37. The number of para-hydroxylation sites is 1. The average molecular weight is 363 g/mol. The topological polar surface area (TPSA) is 60.1 Å². The summed E-state index contributed by atoms with van der Waals surface area (Å²) in [6.45, 7) is 1.89. The predicted molar refractivity (Wildman–Crippen MR) is 101 cm³/mol. The van der Waals surface area contributed by atoms with Crippen LogP contribution in [0.3, 0.4) is 0 Å². The van der Waals surface area contributed by atoms with Gasteiger partial charge in [-0.1, -0.05) is 24.3 Å². The molecule has 3 aromatic heterocycles. The molecule has 4 aromatic rings. The van der Waals surface area contributed by atoms with Crippen LogP contribution in [0.25, 0.3) is 16.3 Å². The number of aromatic nitrogens is 2. The Morgan fingerprint density at radius 2 is 2.00 bits per heavy atom. The summed E-state index contributed by atoms with van der Waals surface area (Å²) in [5.74, 6) is 0.533. The molecule has 0 saturated carbocycles. The number of hydrogen-bond acceptors (Lipinski definition) is 4. The number of nitrogens with zero attached hydrogens (tertiary/aromatic N) is 2. The third-order valence-electron chi connectivity index (χ3n) is 4.05. The molecule has 0 aliphatic heterocycles. The molecule has 0 saturated heterocycles. The molecule has 6 heteroatoms. The summed E-state index contributed by atoms with van der Waals surface area (Å²) >= 11 is 1.56. The normalized spacial score (nSPS) is 12.0. The van der Waals surface area contributed by atoms with Gasteiger partial charge in [-0.2, -0.15) is 5.10 Å². The second-order valence-corrected chi connectivity index (χ2v) is 6.81. The zero-order valence-corrected chi connectivity index (χ0v) is 14.9. The van der Waals surface area contributed by atoms with E-state index >= 15 is 0 Å². The highest BCUT2D eigenvalue weighted by molar-refractivity contribution is 7.13. The molecule has 130 valence electrons. The number of thiophene rings is 1. The Kier molecular flexibility index (Phi) is 4.41. The minimum atomic E-state index is -0.228. The van der Waals surface area contributed by atoms with E-state index in [0.717, 1.165) is 10.6 Å². The van der Waals surface area contributed by atoms with Crippen molar-refractivity contribution in [2.75, 3.05) is 0 Å². The van der Waals surface area contributed by atoms with E-state index in [4.69, 9.17) is 4.42 Å². The fourth-order valence-corrected chi connectivity index (χ4v) is 3.45. The van der Waals surface area contributed by atoms with E-state index in [0.29, 0.717) is 17.0 Å². The first-order valence-corrected chi connectivity index (χ1v) is 9.13. The molecular weight excluding hydrogens is 346 g/mol. The Bertz CT molecular complexity index is 989. The number of furan rings is 1. The van der Waals surface area contributed by atoms with Crippen LogP contribution in [0.1, 0.15) is 29.1 Å². The second kappa shape index (κ2) is 7.01. The van der Waals surface area contributed by atoms with Gasteiger partial charge in [-0.15, -0.1) is 11.3 Å². The lowest BCUT2D eigenvalue weighted by atomic mass is 10.2. The van der Waals surface area contributed by atoms with Gasteiger partial charge in [-0.25, -0.2) is 4.68 Å². The molecule has 0 unspecified atom stereocenters. The molecule has 0 aliphatic carbocycles. The van der Waals surface area contributed by atoms with Crippen LogP contribution < -0.4 is 5.32 Å². The largest absolute Gasteiger partial charge is 0.467 e. The number of carbonyl (C=O) groups is 1. The van der Waals surface area contributed by atoms with E-state index in [1.54, 1.807) is 28.5 Å². The molecule has 0 fully saturated rings. The molecule has 26 heavy (non-hydrogen) atoms. The highest BCUT2D eigenvalue weighted by atomic mass is 32.1. The van der Waals surface area contributed by atoms with Crippen LogP contribution in [0.15, 0.2) is 76.9 Å². The molecule has 5 nitrogen and oxygen atoms in total. The SMILES string of the molecule is C[C@H](NC(=O)c1cn(-c2ccccc2)nc1-c1cccs1)c1ccco1. The van der Waals surface area contributed by atoms with Gasteiger partial charge in [0.15, 0.2) is 0 Å². The molecule has 1 aromatic carbocycles. The van der Waals surface area contributed by atoms with Gasteiger partial charge in [-0.05, 0) is 42.6 Å². The summed E-state index contributed by atoms with van der Waals surface area (Å²) in [4.78, 5) is 13.9. The number of carbonyl (C=O) groups excluding carboxylic acids is 1. The van der Waals surface area contributed by atoms with Crippen LogP contribution in [0.2, 0.25) is 0 Å². The Morgan fingerprint density at radius 1 is 1.15 bits per heavy atom. The summed E-state index contributed by atoms with van der Waals surface area (Å²) in [5, 5.41) is 9.62. The molecule has 0 spiro atoms. The van der Waals surface area contributed by atoms with Gasteiger partial charge in [0.25, 0.3) is 5.91 Å². The van der Waals surface area contributed by atoms with Crippen LogP contribution in [-0.4, -0.2) is 15.7 Å². The highest BCUT2D eigenvalue weighted by Crippen LogP contribution is 2.28. The van der Waals surface area contributed by atoms with Crippen molar-refractivity contribution in [3.05, 3.63) is 83.8 Å². The van der Waals surface area contributed by atoms with Crippen molar-refractivity contribution in [1.29, 1.82) is 0 Å². The Morgan fingerprint density at radius 3 is 2.69 bits per heavy atom. The van der Waals surface area contributed by atoms with E-state index in [1.165, 1.54) is 0 Å². The first-order chi connectivity index (χ1) is 12.7. The standard InChI is InChI=1S/C20H17N3O2S/c1-14(17-9-5-11-25-17)21-20(24)16-13-23(15-7-3-2-4-8-15)22-19(16)18-10-6-12-26-18/h2-14H,1H3,(H,21,24)/t14-/m0/s1. The third kappa shape index (κ3) is 3.19. The quantitative estimate of drug-likeness (QED) is 0.560. The fourth-order valence-electron chi connectivity index (χ4n) is 2.73. The lowest BCUT2D eigenvalue weighted by Crippen LogP contribution is -2.26. The maximum absolute atomic E-state index is 12.9. The first-order valence-electron chi connectivity index (χ1n) is 8.25. The average Bonchev–Trinajstić information content (AvgIpc) is 3.43. The molecule has 1 N–H and O–H groups in total. The second-order valence-electron chi connectivity index (χ2n) is 5.86. The van der Waals surface area contributed by atoms with Gasteiger partial charge in [0, 0.05) is 6.20 Å². The van der Waals surface area contributed by atoms with E-state index in [1.807, 2.05) is 66.9 Å². The Balaban J connectivity index is 1.70. The van der Waals surface area contributed by atoms with Gasteiger partial charge >= 0.3 is 0 Å². The minimum absolute atomic E-state index is 0.181. The maximum atomic E-state index is 12.9. The van der Waals surface area contributed by atoms with Crippen molar-refractivity contribution in [1.82, 2.24) is 15.1 Å². The molecule has 0 aliphatic rings. The van der Waals surface area contributed by atoms with Gasteiger partial charge in [0.1, 0.15) is 11.5 Å². The summed E-state index contributed by atoms with van der Waals surface area (Å²) in [5.41, 5.74) is 2.12. The zero-order valence-electron chi connectivity index (χ0n) is 14.1. The van der Waals surface area contributed by atoms with Gasteiger partial charge in [0.05, 0.1) is 28.4 Å². The fraction of sp³-hybridized carbons (Fsp3) is 0.100. The van der Waals surface area contributed by atoms with Crippen LogP contribution in [0, 0.1) is 0 Å². The number of rotatable bonds is 5. The molecule has 0 bridgehead atoms. The zero-order chi connectivity index (χ0) is 17.9. The maximum Gasteiger partial charge on any atom is 0.255 e. The summed E-state index contributed by atoms with van der Waals surface area (Å²) < 4.78 is 7.11. The van der Waals surface area contributed by atoms with Crippen LogP contribution in [0.4, 0.5) is 0 Å². The molecular formula is C20H17N3O2S. The lowest BCUT2D eigenvalue weighted by molar-refractivity contribution is 0.0936. The molecule has 1 atom stereocenters. The lowest BCUT2D eigenvalue weighted by Gasteiger charge is -2.11. The van der Waals surface area contributed by atoms with Crippen molar-refractivity contribution in [3.8, 4) is 16.3 Å². The molecule has 4 rings (SSSR count). The number of amides is 1. The van der Waals surface area contributed by atoms with Crippen LogP contribution in [0.5, 0.6) is 0 Å². The molecule has 3 heterocycles. The van der Waals surface area contributed by atoms with Crippen molar-refractivity contribution in [2.24, 2.45) is 0 Å². The third-order valence-corrected chi connectivity index (χ3v) is 4.93. The highest BCUT2D eigenvalue weighted by Gasteiger charge is 2.21. The van der Waals surface area contributed by atoms with Crippen LogP contribution in [-0.2, 0) is 0 Å². The summed E-state index contributed by atoms with van der Waals surface area (Å²) in [6, 6.07) is 17.1. The van der Waals surface area contributed by atoms with Gasteiger partial charge in [-0.3, -0.25) is 4.79 Å². The van der Waals surface area contributed by atoms with E-state index < -0.39 is 0 Å². The first kappa shape index (κ1) is 16.4. The smallest absolute Gasteiger partial charge is 0.255 e. The predicted octanol–water partition coefficient (Wildman–Crippen LogP) is 4.68. The number of nitrogens with one attached hydrogen (secondary N) is 1. The van der Waals surface area contributed by atoms with Crippen LogP contribution >= 0.6 is 11.3 Å². The summed E-state index contributed by atoms with van der Waals surface area (Å²) in [7, 11) is 0. The van der Waals surface area contributed by atoms with Crippen molar-refractivity contribution in [3.63, 3.8) is 0 Å². The molecule has 1 amide bonds. The van der Waals surface area contributed by atoms with E-state index in [-0.39, 0.29) is 11.9 Å². The number of hydrogen-bond donors (Lipinski definition) is 1.